The molecule has 1 spiro atoms. The van der Waals surface area contributed by atoms with Crippen LogP contribution in [0.3, 0.4) is 0 Å². The van der Waals surface area contributed by atoms with Gasteiger partial charge in [0.05, 0.1) is 31.4 Å². The second kappa shape index (κ2) is 7.17. The SMILES string of the molecule is C/C=C1/C(=O)[C@]23CCN(C)CC[C@H]1C[C@@H]2N(C(C)=O)c1cc(OC)c(OC)cc13. The van der Waals surface area contributed by atoms with Crippen molar-refractivity contribution < 1.29 is 19.1 Å². The van der Waals surface area contributed by atoms with Crippen LogP contribution < -0.4 is 14.4 Å². The Kier molecular flexibility index (Phi) is 4.93. The Morgan fingerprint density at radius 3 is 2.52 bits per heavy atom. The third-order valence-electron chi connectivity index (χ3n) is 7.13. The van der Waals surface area contributed by atoms with E-state index < -0.39 is 5.41 Å². The van der Waals surface area contributed by atoms with Crippen molar-refractivity contribution in [3.05, 3.63) is 29.3 Å². The molecule has 0 radical (unpaired) electrons. The van der Waals surface area contributed by atoms with Gasteiger partial charge < -0.3 is 19.3 Å². The van der Waals surface area contributed by atoms with E-state index >= 15 is 0 Å². The average molecular weight is 399 g/mol. The van der Waals surface area contributed by atoms with Crippen LogP contribution in [0.5, 0.6) is 11.5 Å². The predicted octanol–water partition coefficient (Wildman–Crippen LogP) is 2.94. The summed E-state index contributed by atoms with van der Waals surface area (Å²) in [6.07, 6.45) is 4.41. The largest absolute Gasteiger partial charge is 0.493 e. The quantitative estimate of drug-likeness (QED) is 0.717. The zero-order chi connectivity index (χ0) is 20.9. The van der Waals surface area contributed by atoms with Crippen LogP contribution in [0.2, 0.25) is 0 Å². The number of anilines is 1. The number of hydrogen-bond donors (Lipinski definition) is 0. The zero-order valence-corrected chi connectivity index (χ0v) is 17.9. The molecule has 6 heteroatoms. The van der Waals surface area contributed by atoms with Crippen molar-refractivity contribution in [1.29, 1.82) is 0 Å². The molecule has 6 nitrogen and oxygen atoms in total. The highest BCUT2D eigenvalue weighted by atomic mass is 16.5. The highest BCUT2D eigenvalue weighted by Gasteiger charge is 2.61. The molecule has 2 saturated heterocycles. The van der Waals surface area contributed by atoms with Crippen LogP contribution >= 0.6 is 0 Å². The van der Waals surface area contributed by atoms with Crippen LogP contribution in [0.1, 0.15) is 38.7 Å². The first-order valence-corrected chi connectivity index (χ1v) is 10.3. The standard InChI is InChI=1S/C23H30N2O4/c1-6-16-15-7-9-24(3)10-8-23(22(16)27)17-12-19(28-4)20(29-5)13-18(17)25(14(2)26)21(23)11-15/h6,12-13,15,21H,7-11H2,1-5H3/b16-6+/t15-,21-,23-/m0/s1. The smallest absolute Gasteiger partial charge is 0.224 e. The summed E-state index contributed by atoms with van der Waals surface area (Å²) >= 11 is 0. The Balaban J connectivity index is 2.02. The lowest BCUT2D eigenvalue weighted by Gasteiger charge is -2.44. The molecule has 3 fully saturated rings. The fourth-order valence-electron chi connectivity index (χ4n) is 5.71. The molecule has 1 aromatic rings. The average Bonchev–Trinajstić information content (AvgIpc) is 3.03. The molecule has 1 aliphatic carbocycles. The van der Waals surface area contributed by atoms with Crippen molar-refractivity contribution in [2.45, 2.75) is 44.6 Å². The van der Waals surface area contributed by atoms with Crippen molar-refractivity contribution in [1.82, 2.24) is 4.90 Å². The molecule has 4 aliphatic rings. The van der Waals surface area contributed by atoms with Gasteiger partial charge in [-0.25, -0.2) is 0 Å². The Morgan fingerprint density at radius 1 is 1.21 bits per heavy atom. The molecule has 3 heterocycles. The molecule has 3 atom stereocenters. The minimum atomic E-state index is -0.739. The van der Waals surface area contributed by atoms with Gasteiger partial charge in [-0.15, -0.1) is 0 Å². The maximum absolute atomic E-state index is 14.0. The third-order valence-corrected chi connectivity index (χ3v) is 7.13. The van der Waals surface area contributed by atoms with E-state index in [9.17, 15) is 9.59 Å². The van der Waals surface area contributed by atoms with Crippen LogP contribution in [0, 0.1) is 5.92 Å². The maximum atomic E-state index is 14.0. The Labute approximate surface area is 172 Å². The fourth-order valence-corrected chi connectivity index (χ4v) is 5.71. The van der Waals surface area contributed by atoms with E-state index in [1.165, 1.54) is 0 Å². The molecule has 2 bridgehead atoms. The van der Waals surface area contributed by atoms with E-state index in [-0.39, 0.29) is 23.7 Å². The molecule has 1 amide bonds. The van der Waals surface area contributed by atoms with Crippen LogP contribution in [0.25, 0.3) is 0 Å². The Hall–Kier alpha value is -2.34. The number of carbonyl (C=O) groups is 2. The van der Waals surface area contributed by atoms with Gasteiger partial charge in [0, 0.05) is 13.0 Å². The summed E-state index contributed by atoms with van der Waals surface area (Å²) in [6, 6.07) is 3.62. The number of carbonyl (C=O) groups excluding carboxylic acids is 2. The first kappa shape index (κ1) is 20.0. The van der Waals surface area contributed by atoms with Crippen LogP contribution in [-0.2, 0) is 15.0 Å². The van der Waals surface area contributed by atoms with Gasteiger partial charge in [0.2, 0.25) is 5.91 Å². The molecule has 5 rings (SSSR count). The normalized spacial score (nSPS) is 30.4. The van der Waals surface area contributed by atoms with E-state index in [0.717, 1.165) is 42.8 Å². The second-order valence-electron chi connectivity index (χ2n) is 8.45. The molecule has 1 aromatic carbocycles. The lowest BCUT2D eigenvalue weighted by Crippen LogP contribution is -2.56. The van der Waals surface area contributed by atoms with E-state index in [1.807, 2.05) is 30.0 Å². The number of ketones is 1. The van der Waals surface area contributed by atoms with Gasteiger partial charge in [-0.2, -0.15) is 0 Å². The van der Waals surface area contributed by atoms with Crippen molar-refractivity contribution >= 4 is 17.4 Å². The molecule has 3 aliphatic heterocycles. The number of allylic oxidation sites excluding steroid dienone is 2. The molecule has 0 N–H and O–H groups in total. The van der Waals surface area contributed by atoms with Crippen molar-refractivity contribution in [2.75, 3.05) is 39.3 Å². The lowest BCUT2D eigenvalue weighted by molar-refractivity contribution is -0.124. The fraction of sp³-hybridized carbons (Fsp3) is 0.565. The van der Waals surface area contributed by atoms with Crippen molar-refractivity contribution in [3.63, 3.8) is 0 Å². The Morgan fingerprint density at radius 2 is 1.90 bits per heavy atom. The van der Waals surface area contributed by atoms with Crippen molar-refractivity contribution in [2.24, 2.45) is 5.92 Å². The van der Waals surface area contributed by atoms with Crippen molar-refractivity contribution in [3.8, 4) is 11.5 Å². The topological polar surface area (TPSA) is 59.1 Å². The summed E-state index contributed by atoms with van der Waals surface area (Å²) in [5, 5.41) is 0. The lowest BCUT2D eigenvalue weighted by atomic mass is 9.60. The van der Waals surface area contributed by atoms with Gasteiger partial charge in [0.1, 0.15) is 0 Å². The van der Waals surface area contributed by atoms with Gasteiger partial charge in [-0.3, -0.25) is 9.59 Å². The number of fused-ring (bicyclic) bond motifs is 6. The molecule has 1 saturated carbocycles. The van der Waals surface area contributed by atoms with Crippen LogP contribution in [-0.4, -0.2) is 57.0 Å². The molecular weight excluding hydrogens is 368 g/mol. The minimum Gasteiger partial charge on any atom is -0.493 e. The number of benzene rings is 1. The van der Waals surface area contributed by atoms with Gasteiger partial charge >= 0.3 is 0 Å². The van der Waals surface area contributed by atoms with E-state index in [0.29, 0.717) is 17.9 Å². The highest BCUT2D eigenvalue weighted by molar-refractivity contribution is 6.11. The summed E-state index contributed by atoms with van der Waals surface area (Å²) in [4.78, 5) is 31.0. The van der Waals surface area contributed by atoms with Crippen LogP contribution in [0.15, 0.2) is 23.8 Å². The summed E-state index contributed by atoms with van der Waals surface area (Å²) in [7, 11) is 5.31. The van der Waals surface area contributed by atoms with Crippen LogP contribution in [0.4, 0.5) is 5.69 Å². The maximum Gasteiger partial charge on any atom is 0.224 e. The number of methoxy groups -OCH3 is 2. The zero-order valence-electron chi connectivity index (χ0n) is 17.9. The van der Waals surface area contributed by atoms with Gasteiger partial charge in [-0.05, 0) is 69.4 Å². The van der Waals surface area contributed by atoms with E-state index in [4.69, 9.17) is 9.47 Å². The monoisotopic (exact) mass is 398 g/mol. The number of hydrogen-bond acceptors (Lipinski definition) is 5. The molecule has 0 unspecified atom stereocenters. The van der Waals surface area contributed by atoms with Gasteiger partial charge in [0.25, 0.3) is 0 Å². The first-order chi connectivity index (χ1) is 13.9. The summed E-state index contributed by atoms with van der Waals surface area (Å²) in [6.45, 7) is 5.32. The highest BCUT2D eigenvalue weighted by Crippen LogP contribution is 2.57. The summed E-state index contributed by atoms with van der Waals surface area (Å²) < 4.78 is 11.1. The number of nitrogens with zero attached hydrogens (tertiary/aromatic N) is 2. The molecule has 0 aromatic heterocycles. The second-order valence-corrected chi connectivity index (χ2v) is 8.45. The number of rotatable bonds is 2. The third kappa shape index (κ3) is 2.72. The van der Waals surface area contributed by atoms with Gasteiger partial charge in [0.15, 0.2) is 17.3 Å². The van der Waals surface area contributed by atoms with E-state index in [2.05, 4.69) is 11.9 Å². The minimum absolute atomic E-state index is 0.0339. The number of amides is 1. The molecular formula is C23H30N2O4. The van der Waals surface area contributed by atoms with E-state index in [1.54, 1.807) is 21.1 Å². The number of Topliss-reactive ketones (excluding diaryl/α,β-unsaturated/α-hetero) is 1. The first-order valence-electron chi connectivity index (χ1n) is 10.3. The molecule has 156 valence electrons. The summed E-state index contributed by atoms with van der Waals surface area (Å²) in [5.41, 5.74) is 1.86. The van der Waals surface area contributed by atoms with Gasteiger partial charge in [-0.1, -0.05) is 6.08 Å². The summed E-state index contributed by atoms with van der Waals surface area (Å²) in [5.74, 6) is 1.48. The number of ether oxygens (including phenoxy) is 2. The molecule has 29 heavy (non-hydrogen) atoms. The Bertz CT molecular complexity index is 893. The predicted molar refractivity (Wildman–Crippen MR) is 112 cm³/mol.